The highest BCUT2D eigenvalue weighted by Crippen LogP contribution is 2.33. The third-order valence-electron chi connectivity index (χ3n) is 5.07. The summed E-state index contributed by atoms with van der Waals surface area (Å²) in [6, 6.07) is 3.34. The van der Waals surface area contributed by atoms with Crippen LogP contribution in [0.2, 0.25) is 5.02 Å². The number of hydrogen-bond donors (Lipinski definition) is 1. The average Bonchev–Trinajstić information content (AvgIpc) is 3.08. The average molecular weight is 374 g/mol. The Hall–Kier alpha value is -2.41. The lowest BCUT2D eigenvalue weighted by Crippen LogP contribution is -2.22. The van der Waals surface area contributed by atoms with Crippen molar-refractivity contribution < 1.29 is 4.79 Å². The molecule has 1 aliphatic carbocycles. The van der Waals surface area contributed by atoms with Crippen LogP contribution in [0.15, 0.2) is 16.9 Å². The van der Waals surface area contributed by atoms with Crippen molar-refractivity contribution in [3.05, 3.63) is 38.9 Å². The van der Waals surface area contributed by atoms with Gasteiger partial charge >= 0.3 is 0 Å². The smallest absolute Gasteiger partial charge is 0.294 e. The largest absolute Gasteiger partial charge is 0.345 e. The molecule has 8 heteroatoms. The molecule has 136 valence electrons. The Morgan fingerprint density at radius 2 is 1.96 bits per heavy atom. The van der Waals surface area contributed by atoms with E-state index in [9.17, 15) is 9.59 Å². The molecule has 3 aromatic rings. The summed E-state index contributed by atoms with van der Waals surface area (Å²) in [6.45, 7) is 0. The van der Waals surface area contributed by atoms with Crippen molar-refractivity contribution in [3.63, 3.8) is 0 Å². The van der Waals surface area contributed by atoms with Gasteiger partial charge in [0.25, 0.3) is 11.5 Å². The second-order valence-corrected chi connectivity index (χ2v) is 7.46. The van der Waals surface area contributed by atoms with Gasteiger partial charge in [-0.3, -0.25) is 14.0 Å². The minimum Gasteiger partial charge on any atom is -0.345 e. The molecule has 0 atom stereocenters. The molecular formula is C18H20ClN5O2. The number of carbonyl (C=O) groups excluding carboxylic acids is 1. The van der Waals surface area contributed by atoms with Gasteiger partial charge in [0.05, 0.1) is 21.6 Å². The number of nitrogens with one attached hydrogen (secondary N) is 1. The second-order valence-electron chi connectivity index (χ2n) is 7.06. The van der Waals surface area contributed by atoms with Crippen molar-refractivity contribution in [2.24, 2.45) is 0 Å². The number of carbonyl (C=O) groups is 1. The van der Waals surface area contributed by atoms with Crippen LogP contribution in [0.4, 0.5) is 0 Å². The van der Waals surface area contributed by atoms with Crippen molar-refractivity contribution in [1.29, 1.82) is 0 Å². The molecule has 0 unspecified atom stereocenters. The molecule has 0 saturated heterocycles. The minimum atomic E-state index is -0.322. The van der Waals surface area contributed by atoms with E-state index in [-0.39, 0.29) is 23.0 Å². The van der Waals surface area contributed by atoms with Crippen molar-refractivity contribution >= 4 is 34.2 Å². The van der Waals surface area contributed by atoms with E-state index in [1.54, 1.807) is 30.6 Å². The van der Waals surface area contributed by atoms with E-state index in [0.29, 0.717) is 21.6 Å². The van der Waals surface area contributed by atoms with Crippen molar-refractivity contribution in [1.82, 2.24) is 24.5 Å². The molecule has 1 saturated carbocycles. The summed E-state index contributed by atoms with van der Waals surface area (Å²) in [5, 5.41) is 8.77. The molecule has 1 fully saturated rings. The predicted molar refractivity (Wildman–Crippen MR) is 100.0 cm³/mol. The number of fused-ring (bicyclic) bond motifs is 3. The van der Waals surface area contributed by atoms with Crippen molar-refractivity contribution in [3.8, 4) is 0 Å². The molecule has 1 N–H and O–H groups in total. The molecule has 0 bridgehead atoms. The number of halogens is 1. The third kappa shape index (κ3) is 2.67. The molecule has 26 heavy (non-hydrogen) atoms. The van der Waals surface area contributed by atoms with Crippen LogP contribution in [0, 0.1) is 0 Å². The fourth-order valence-electron chi connectivity index (χ4n) is 3.74. The first-order chi connectivity index (χ1) is 12.5. The highest BCUT2D eigenvalue weighted by atomic mass is 35.5. The van der Waals surface area contributed by atoms with E-state index in [0.717, 1.165) is 31.5 Å². The highest BCUT2D eigenvalue weighted by Gasteiger charge is 2.24. The Kier molecular flexibility index (Phi) is 4.19. The third-order valence-corrected chi connectivity index (χ3v) is 5.39. The summed E-state index contributed by atoms with van der Waals surface area (Å²) in [7, 11) is 3.32. The van der Waals surface area contributed by atoms with Crippen LogP contribution in [0.5, 0.6) is 0 Å². The van der Waals surface area contributed by atoms with Gasteiger partial charge in [-0.1, -0.05) is 30.9 Å². The zero-order chi connectivity index (χ0) is 18.4. The molecule has 1 aliphatic rings. The van der Waals surface area contributed by atoms with Crippen LogP contribution < -0.4 is 5.56 Å². The maximum atomic E-state index is 12.5. The van der Waals surface area contributed by atoms with Gasteiger partial charge in [-0.15, -0.1) is 10.2 Å². The maximum absolute atomic E-state index is 12.5. The van der Waals surface area contributed by atoms with Crippen LogP contribution in [0.1, 0.15) is 54.2 Å². The summed E-state index contributed by atoms with van der Waals surface area (Å²) in [5.41, 5.74) is 1.56. The van der Waals surface area contributed by atoms with Gasteiger partial charge in [0.1, 0.15) is 5.82 Å². The number of nitrogens with zero attached hydrogens (tertiary/aromatic N) is 4. The normalized spacial score (nSPS) is 15.7. The first-order valence-electron chi connectivity index (χ1n) is 8.79. The van der Waals surface area contributed by atoms with Gasteiger partial charge in [-0.05, 0) is 25.0 Å². The number of aromatic nitrogens is 4. The van der Waals surface area contributed by atoms with Gasteiger partial charge < -0.3 is 9.88 Å². The van der Waals surface area contributed by atoms with Gasteiger partial charge in [0.2, 0.25) is 5.65 Å². The zero-order valence-electron chi connectivity index (χ0n) is 14.8. The Morgan fingerprint density at radius 1 is 1.23 bits per heavy atom. The summed E-state index contributed by atoms with van der Waals surface area (Å²) in [5.74, 6) is 0.873. The number of amides is 1. The Labute approximate surface area is 155 Å². The minimum absolute atomic E-state index is 0.214. The van der Waals surface area contributed by atoms with E-state index >= 15 is 0 Å². The van der Waals surface area contributed by atoms with Crippen LogP contribution >= 0.6 is 11.6 Å². The number of benzene rings is 1. The van der Waals surface area contributed by atoms with Crippen LogP contribution in [0.25, 0.3) is 16.7 Å². The van der Waals surface area contributed by atoms with Crippen LogP contribution in [-0.2, 0) is 0 Å². The topological polar surface area (TPSA) is 83.4 Å². The van der Waals surface area contributed by atoms with Crippen LogP contribution in [0.3, 0.4) is 0 Å². The molecule has 7 nitrogen and oxygen atoms in total. The molecule has 2 heterocycles. The number of rotatable bonds is 2. The van der Waals surface area contributed by atoms with E-state index < -0.39 is 0 Å². The quantitative estimate of drug-likeness (QED) is 0.748. The Bertz CT molecular complexity index is 1060. The number of aromatic amines is 1. The number of hydrogen-bond acceptors (Lipinski definition) is 4. The number of H-pyrrole nitrogens is 1. The summed E-state index contributed by atoms with van der Waals surface area (Å²) in [6.07, 6.45) is 5.63. The molecule has 4 rings (SSSR count). The standard InChI is InChI=1S/C18H20ClN5O2/c1-23(2)18(26)11-8-13-14(9-12(11)19)24-15(10-6-4-3-5-7-10)21-22-16(24)17(25)20-13/h8-10H,3-7H2,1-2H3,(H,20,25). The SMILES string of the molecule is CN(C)C(=O)c1cc2[nH]c(=O)c3nnc(C4CCCCC4)n3c2cc1Cl. The van der Waals surface area contributed by atoms with E-state index in [1.807, 2.05) is 0 Å². The summed E-state index contributed by atoms with van der Waals surface area (Å²) < 4.78 is 1.81. The molecule has 2 aromatic heterocycles. The van der Waals surface area contributed by atoms with Gasteiger partial charge in [0.15, 0.2) is 0 Å². The van der Waals surface area contributed by atoms with Gasteiger partial charge in [-0.25, -0.2) is 0 Å². The maximum Gasteiger partial charge on any atom is 0.294 e. The molecule has 1 amide bonds. The van der Waals surface area contributed by atoms with E-state index in [4.69, 9.17) is 11.6 Å². The fourth-order valence-corrected chi connectivity index (χ4v) is 3.98. The monoisotopic (exact) mass is 373 g/mol. The lowest BCUT2D eigenvalue weighted by molar-refractivity contribution is 0.0828. The van der Waals surface area contributed by atoms with Crippen molar-refractivity contribution in [2.75, 3.05) is 14.1 Å². The highest BCUT2D eigenvalue weighted by molar-refractivity contribution is 6.34. The summed E-state index contributed by atoms with van der Waals surface area (Å²) >= 11 is 6.39. The van der Waals surface area contributed by atoms with E-state index in [1.165, 1.54) is 11.3 Å². The van der Waals surface area contributed by atoms with Crippen LogP contribution in [-0.4, -0.2) is 44.5 Å². The first kappa shape index (κ1) is 17.0. The lowest BCUT2D eigenvalue weighted by atomic mass is 9.89. The predicted octanol–water partition coefficient (Wildman–Crippen LogP) is 2.97. The lowest BCUT2D eigenvalue weighted by Gasteiger charge is -2.20. The second kappa shape index (κ2) is 6.39. The molecule has 0 radical (unpaired) electrons. The zero-order valence-corrected chi connectivity index (χ0v) is 15.5. The molecule has 0 aliphatic heterocycles. The van der Waals surface area contributed by atoms with Gasteiger partial charge in [0, 0.05) is 20.0 Å². The molecule has 1 aromatic carbocycles. The Balaban J connectivity index is 1.99. The fraction of sp³-hybridized carbons (Fsp3) is 0.444. The van der Waals surface area contributed by atoms with Crippen molar-refractivity contribution in [2.45, 2.75) is 38.0 Å². The first-order valence-corrected chi connectivity index (χ1v) is 9.17. The van der Waals surface area contributed by atoms with E-state index in [2.05, 4.69) is 15.2 Å². The van der Waals surface area contributed by atoms with Gasteiger partial charge in [-0.2, -0.15) is 0 Å². The summed E-state index contributed by atoms with van der Waals surface area (Å²) in [4.78, 5) is 29.1. The molecular weight excluding hydrogens is 354 g/mol. The Morgan fingerprint density at radius 3 is 2.65 bits per heavy atom. The molecule has 0 spiro atoms.